The number of benzene rings is 2. The first-order valence-electron chi connectivity index (χ1n) is 8.41. The van der Waals surface area contributed by atoms with Gasteiger partial charge in [-0.3, -0.25) is 4.90 Å². The van der Waals surface area contributed by atoms with Gasteiger partial charge in [0.15, 0.2) is 0 Å². The van der Waals surface area contributed by atoms with Crippen LogP contribution < -0.4 is 4.74 Å². The highest BCUT2D eigenvalue weighted by Crippen LogP contribution is 2.32. The van der Waals surface area contributed by atoms with Crippen LogP contribution in [0.3, 0.4) is 0 Å². The largest absolute Gasteiger partial charge is 0.494 e. The van der Waals surface area contributed by atoms with E-state index in [0.717, 1.165) is 12.3 Å². The Kier molecular flexibility index (Phi) is 5.12. The molecule has 0 bridgehead atoms. The van der Waals surface area contributed by atoms with Crippen LogP contribution in [0.5, 0.6) is 5.75 Å². The van der Waals surface area contributed by atoms with E-state index in [-0.39, 0.29) is 0 Å². The van der Waals surface area contributed by atoms with Crippen molar-refractivity contribution in [3.8, 4) is 16.9 Å². The van der Waals surface area contributed by atoms with Gasteiger partial charge in [-0.2, -0.15) is 0 Å². The molecule has 0 aromatic heterocycles. The fourth-order valence-corrected chi connectivity index (χ4v) is 3.25. The molecule has 1 heterocycles. The molecule has 1 aliphatic heterocycles. The fraction of sp³-hybridized carbons (Fsp3) is 0.400. The van der Waals surface area contributed by atoms with E-state index >= 15 is 0 Å². The molecule has 22 heavy (non-hydrogen) atoms. The Labute approximate surface area is 133 Å². The van der Waals surface area contributed by atoms with Gasteiger partial charge in [0.25, 0.3) is 0 Å². The topological polar surface area (TPSA) is 12.5 Å². The van der Waals surface area contributed by atoms with Crippen molar-refractivity contribution < 1.29 is 4.74 Å². The summed E-state index contributed by atoms with van der Waals surface area (Å²) in [7, 11) is 0. The molecule has 3 rings (SSSR count). The number of nitrogens with zero attached hydrogens (tertiary/aromatic N) is 1. The first-order valence-corrected chi connectivity index (χ1v) is 8.41. The van der Waals surface area contributed by atoms with E-state index in [4.69, 9.17) is 4.74 Å². The van der Waals surface area contributed by atoms with E-state index in [1.807, 2.05) is 0 Å². The molecule has 0 radical (unpaired) electrons. The number of hydrogen-bond acceptors (Lipinski definition) is 2. The first kappa shape index (κ1) is 15.1. The minimum atomic E-state index is 0.714. The minimum absolute atomic E-state index is 0.714. The predicted octanol–water partition coefficient (Wildman–Crippen LogP) is 4.74. The van der Waals surface area contributed by atoms with Gasteiger partial charge in [0, 0.05) is 12.1 Å². The van der Waals surface area contributed by atoms with E-state index < -0.39 is 0 Å². The SMILES string of the molecule is CCOc1cccc(-c2ccccc2)c1CN1CCCCC1. The van der Waals surface area contributed by atoms with Crippen LogP contribution in [0.4, 0.5) is 0 Å². The van der Waals surface area contributed by atoms with Gasteiger partial charge in [-0.25, -0.2) is 0 Å². The number of piperidine rings is 1. The molecule has 0 spiro atoms. The van der Waals surface area contributed by atoms with E-state index in [2.05, 4.69) is 60.4 Å². The van der Waals surface area contributed by atoms with Crippen molar-refractivity contribution in [1.29, 1.82) is 0 Å². The number of rotatable bonds is 5. The van der Waals surface area contributed by atoms with Crippen molar-refractivity contribution in [3.05, 3.63) is 54.1 Å². The zero-order valence-electron chi connectivity index (χ0n) is 13.4. The molecule has 0 N–H and O–H groups in total. The second kappa shape index (κ2) is 7.46. The Morgan fingerprint density at radius 1 is 0.909 bits per heavy atom. The molecule has 1 aliphatic rings. The maximum atomic E-state index is 5.91. The third-order valence-electron chi connectivity index (χ3n) is 4.35. The maximum Gasteiger partial charge on any atom is 0.124 e. The second-order valence-corrected chi connectivity index (χ2v) is 5.92. The van der Waals surface area contributed by atoms with Crippen LogP contribution in [0.25, 0.3) is 11.1 Å². The lowest BCUT2D eigenvalue weighted by Gasteiger charge is -2.28. The Bertz CT molecular complexity index is 588. The standard InChI is InChI=1S/C20H25NO/c1-2-22-20-13-9-12-18(17-10-5-3-6-11-17)19(20)16-21-14-7-4-8-15-21/h3,5-6,9-13H,2,4,7-8,14-16H2,1H3. The van der Waals surface area contributed by atoms with E-state index in [9.17, 15) is 0 Å². The van der Waals surface area contributed by atoms with Gasteiger partial charge < -0.3 is 4.74 Å². The van der Waals surface area contributed by atoms with Gasteiger partial charge in [0.1, 0.15) is 5.75 Å². The summed E-state index contributed by atoms with van der Waals surface area (Å²) in [6.45, 7) is 6.16. The van der Waals surface area contributed by atoms with Crippen molar-refractivity contribution in [1.82, 2.24) is 4.90 Å². The molecular formula is C20H25NO. The average Bonchev–Trinajstić information content (AvgIpc) is 2.58. The molecule has 2 aromatic rings. The Balaban J connectivity index is 1.96. The fourth-order valence-electron chi connectivity index (χ4n) is 3.25. The highest BCUT2D eigenvalue weighted by Gasteiger charge is 2.16. The normalized spacial score (nSPS) is 15.7. The van der Waals surface area contributed by atoms with Gasteiger partial charge in [-0.1, -0.05) is 48.9 Å². The summed E-state index contributed by atoms with van der Waals surface area (Å²) < 4.78 is 5.91. The van der Waals surface area contributed by atoms with Crippen molar-refractivity contribution in [2.45, 2.75) is 32.7 Å². The molecular weight excluding hydrogens is 270 g/mol. The lowest BCUT2D eigenvalue weighted by Crippen LogP contribution is -2.29. The molecule has 2 nitrogen and oxygen atoms in total. The number of likely N-dealkylation sites (tertiary alicyclic amines) is 1. The van der Waals surface area contributed by atoms with Crippen LogP contribution in [0.2, 0.25) is 0 Å². The van der Waals surface area contributed by atoms with Crippen LogP contribution in [0, 0.1) is 0 Å². The molecule has 0 unspecified atom stereocenters. The molecule has 0 amide bonds. The van der Waals surface area contributed by atoms with Crippen LogP contribution >= 0.6 is 0 Å². The highest BCUT2D eigenvalue weighted by atomic mass is 16.5. The molecule has 2 aromatic carbocycles. The van der Waals surface area contributed by atoms with E-state index in [1.165, 1.54) is 49.0 Å². The van der Waals surface area contributed by atoms with Gasteiger partial charge in [0.05, 0.1) is 6.61 Å². The van der Waals surface area contributed by atoms with Crippen molar-refractivity contribution in [3.63, 3.8) is 0 Å². The summed E-state index contributed by atoms with van der Waals surface area (Å²) in [5, 5.41) is 0. The molecule has 0 saturated carbocycles. The average molecular weight is 295 g/mol. The number of hydrogen-bond donors (Lipinski definition) is 0. The predicted molar refractivity (Wildman–Crippen MR) is 92.2 cm³/mol. The minimum Gasteiger partial charge on any atom is -0.494 e. The monoisotopic (exact) mass is 295 g/mol. The van der Waals surface area contributed by atoms with Gasteiger partial charge in [0.2, 0.25) is 0 Å². The van der Waals surface area contributed by atoms with Crippen LogP contribution in [-0.4, -0.2) is 24.6 Å². The molecule has 1 saturated heterocycles. The highest BCUT2D eigenvalue weighted by molar-refractivity contribution is 5.70. The summed E-state index contributed by atoms with van der Waals surface area (Å²) in [4.78, 5) is 2.56. The molecule has 0 atom stereocenters. The first-order chi connectivity index (χ1) is 10.9. The van der Waals surface area contributed by atoms with Gasteiger partial charge in [-0.05, 0) is 50.0 Å². The zero-order valence-corrected chi connectivity index (χ0v) is 13.4. The van der Waals surface area contributed by atoms with Crippen LogP contribution in [0.15, 0.2) is 48.5 Å². The lowest BCUT2D eigenvalue weighted by molar-refractivity contribution is 0.217. The molecule has 1 fully saturated rings. The van der Waals surface area contributed by atoms with Crippen molar-refractivity contribution >= 4 is 0 Å². The van der Waals surface area contributed by atoms with Crippen LogP contribution in [-0.2, 0) is 6.54 Å². The summed E-state index contributed by atoms with van der Waals surface area (Å²) in [6.07, 6.45) is 4.00. The summed E-state index contributed by atoms with van der Waals surface area (Å²) >= 11 is 0. The Morgan fingerprint density at radius 2 is 1.68 bits per heavy atom. The third-order valence-corrected chi connectivity index (χ3v) is 4.35. The second-order valence-electron chi connectivity index (χ2n) is 5.92. The molecule has 0 aliphatic carbocycles. The van der Waals surface area contributed by atoms with Gasteiger partial charge >= 0.3 is 0 Å². The maximum absolute atomic E-state index is 5.91. The van der Waals surface area contributed by atoms with Gasteiger partial charge in [-0.15, -0.1) is 0 Å². The quantitative estimate of drug-likeness (QED) is 0.790. The Morgan fingerprint density at radius 3 is 2.41 bits per heavy atom. The smallest absolute Gasteiger partial charge is 0.124 e. The zero-order chi connectivity index (χ0) is 15.2. The summed E-state index contributed by atoms with van der Waals surface area (Å²) in [6, 6.07) is 17.1. The van der Waals surface area contributed by atoms with E-state index in [0.29, 0.717) is 6.61 Å². The number of ether oxygens (including phenoxy) is 1. The van der Waals surface area contributed by atoms with Crippen molar-refractivity contribution in [2.24, 2.45) is 0 Å². The third kappa shape index (κ3) is 3.50. The summed E-state index contributed by atoms with van der Waals surface area (Å²) in [5.74, 6) is 1.04. The van der Waals surface area contributed by atoms with E-state index in [1.54, 1.807) is 0 Å². The molecule has 116 valence electrons. The lowest BCUT2D eigenvalue weighted by atomic mass is 9.97. The van der Waals surface area contributed by atoms with Crippen LogP contribution in [0.1, 0.15) is 31.7 Å². The summed E-state index contributed by atoms with van der Waals surface area (Å²) in [5.41, 5.74) is 3.91. The van der Waals surface area contributed by atoms with Crippen molar-refractivity contribution in [2.75, 3.05) is 19.7 Å². The Hall–Kier alpha value is -1.80. The molecule has 2 heteroatoms.